The molecule has 0 bridgehead atoms. The summed E-state index contributed by atoms with van der Waals surface area (Å²) in [6.45, 7) is 10.3. The Morgan fingerprint density at radius 2 is 2.12 bits per heavy atom. The van der Waals surface area contributed by atoms with Gasteiger partial charge in [0.15, 0.2) is 5.96 Å². The fourth-order valence-electron chi connectivity index (χ4n) is 2.40. The van der Waals surface area contributed by atoms with Gasteiger partial charge in [-0.2, -0.15) is 0 Å². The zero-order valence-corrected chi connectivity index (χ0v) is 18.1. The molecule has 0 unspecified atom stereocenters. The van der Waals surface area contributed by atoms with Crippen LogP contribution in [-0.2, 0) is 13.0 Å². The average Bonchev–Trinajstić information content (AvgIpc) is 3.05. The van der Waals surface area contributed by atoms with Gasteiger partial charge in [-0.3, -0.25) is 4.99 Å². The SMILES string of the molecule is CCNC(=NCCc1c(C)noc1C)N(C)Cc1csc(C)n1.I. The van der Waals surface area contributed by atoms with Crippen LogP contribution in [0.1, 0.15) is 34.6 Å². The van der Waals surface area contributed by atoms with Crippen molar-refractivity contribution in [3.63, 3.8) is 0 Å². The lowest BCUT2D eigenvalue weighted by molar-refractivity contribution is 0.392. The van der Waals surface area contributed by atoms with Crippen molar-refractivity contribution in [1.82, 2.24) is 20.4 Å². The molecular weight excluding hydrogens is 437 g/mol. The molecule has 6 nitrogen and oxygen atoms in total. The third-order valence-electron chi connectivity index (χ3n) is 3.57. The van der Waals surface area contributed by atoms with E-state index in [0.717, 1.165) is 53.2 Å². The minimum atomic E-state index is 0. The fraction of sp³-hybridized carbons (Fsp3) is 0.562. The van der Waals surface area contributed by atoms with Crippen molar-refractivity contribution >= 4 is 41.3 Å². The predicted octanol–water partition coefficient (Wildman–Crippen LogP) is 3.31. The minimum absolute atomic E-state index is 0. The molecule has 8 heteroatoms. The molecular formula is C16H26IN5OS. The van der Waals surface area contributed by atoms with Gasteiger partial charge in [-0.15, -0.1) is 35.3 Å². The summed E-state index contributed by atoms with van der Waals surface area (Å²) < 4.78 is 5.20. The molecule has 0 aliphatic rings. The Morgan fingerprint density at radius 1 is 1.38 bits per heavy atom. The van der Waals surface area contributed by atoms with Gasteiger partial charge in [0.2, 0.25) is 0 Å². The van der Waals surface area contributed by atoms with Gasteiger partial charge in [-0.25, -0.2) is 4.98 Å². The van der Waals surface area contributed by atoms with E-state index in [4.69, 9.17) is 9.52 Å². The highest BCUT2D eigenvalue weighted by Gasteiger charge is 2.10. The van der Waals surface area contributed by atoms with E-state index in [1.807, 2.05) is 27.8 Å². The number of nitrogens with one attached hydrogen (secondary N) is 1. The highest BCUT2D eigenvalue weighted by molar-refractivity contribution is 14.0. The highest BCUT2D eigenvalue weighted by atomic mass is 127. The largest absolute Gasteiger partial charge is 0.361 e. The minimum Gasteiger partial charge on any atom is -0.361 e. The van der Waals surface area contributed by atoms with Crippen molar-refractivity contribution in [3.05, 3.63) is 33.1 Å². The third kappa shape index (κ3) is 5.73. The van der Waals surface area contributed by atoms with Gasteiger partial charge in [0.1, 0.15) is 5.76 Å². The Morgan fingerprint density at radius 3 is 2.67 bits per heavy atom. The number of thiazole rings is 1. The standard InChI is InChI=1S/C16H25N5OS.HI/c1-6-17-16(21(5)9-14-10-23-13(4)19-14)18-8-7-15-11(2)20-22-12(15)3;/h10H,6-9H2,1-5H3,(H,17,18);1H. The Labute approximate surface area is 164 Å². The van der Waals surface area contributed by atoms with Crippen molar-refractivity contribution < 1.29 is 4.52 Å². The number of halogens is 1. The van der Waals surface area contributed by atoms with Crippen LogP contribution in [0, 0.1) is 20.8 Å². The second kappa shape index (κ2) is 9.97. The molecule has 0 spiro atoms. The monoisotopic (exact) mass is 463 g/mol. The average molecular weight is 463 g/mol. The molecule has 0 fully saturated rings. The second-order valence-electron chi connectivity index (χ2n) is 5.50. The quantitative estimate of drug-likeness (QED) is 0.405. The van der Waals surface area contributed by atoms with Crippen LogP contribution < -0.4 is 5.32 Å². The zero-order valence-electron chi connectivity index (χ0n) is 14.9. The van der Waals surface area contributed by atoms with Gasteiger partial charge >= 0.3 is 0 Å². The first kappa shape index (κ1) is 20.9. The Balaban J connectivity index is 0.00000288. The Bertz CT molecular complexity index is 648. The van der Waals surface area contributed by atoms with Crippen LogP contribution in [0.5, 0.6) is 0 Å². The second-order valence-corrected chi connectivity index (χ2v) is 6.56. The molecule has 2 rings (SSSR count). The third-order valence-corrected chi connectivity index (χ3v) is 4.39. The molecule has 134 valence electrons. The van der Waals surface area contributed by atoms with Crippen LogP contribution in [0.25, 0.3) is 0 Å². The van der Waals surface area contributed by atoms with Gasteiger partial charge in [-0.05, 0) is 34.1 Å². The summed E-state index contributed by atoms with van der Waals surface area (Å²) in [4.78, 5) is 11.3. The fourth-order valence-corrected chi connectivity index (χ4v) is 3.00. The molecule has 2 aromatic heterocycles. The highest BCUT2D eigenvalue weighted by Crippen LogP contribution is 2.13. The lowest BCUT2D eigenvalue weighted by Crippen LogP contribution is -2.38. The molecule has 0 aliphatic carbocycles. The van der Waals surface area contributed by atoms with Crippen LogP contribution in [0.2, 0.25) is 0 Å². The van der Waals surface area contributed by atoms with Gasteiger partial charge in [0, 0.05) is 31.1 Å². The molecule has 24 heavy (non-hydrogen) atoms. The summed E-state index contributed by atoms with van der Waals surface area (Å²) >= 11 is 1.68. The maximum absolute atomic E-state index is 5.20. The van der Waals surface area contributed by atoms with Crippen LogP contribution in [0.3, 0.4) is 0 Å². The number of guanidine groups is 1. The summed E-state index contributed by atoms with van der Waals surface area (Å²) in [6.07, 6.45) is 0.833. The first-order chi connectivity index (χ1) is 11.0. The van der Waals surface area contributed by atoms with Gasteiger partial charge < -0.3 is 14.7 Å². The van der Waals surface area contributed by atoms with Crippen LogP contribution in [0.15, 0.2) is 14.9 Å². The summed E-state index contributed by atoms with van der Waals surface area (Å²) in [5.41, 5.74) is 3.18. The maximum atomic E-state index is 5.20. The van der Waals surface area contributed by atoms with E-state index in [-0.39, 0.29) is 24.0 Å². The van der Waals surface area contributed by atoms with E-state index in [2.05, 4.69) is 32.7 Å². The number of aryl methyl sites for hydroxylation is 3. The van der Waals surface area contributed by atoms with Gasteiger partial charge in [0.05, 0.1) is 22.9 Å². The molecule has 2 aromatic rings. The number of hydrogen-bond acceptors (Lipinski definition) is 5. The van der Waals surface area contributed by atoms with E-state index in [9.17, 15) is 0 Å². The molecule has 2 heterocycles. The van der Waals surface area contributed by atoms with Crippen LogP contribution >= 0.6 is 35.3 Å². The summed E-state index contributed by atoms with van der Waals surface area (Å²) in [6, 6.07) is 0. The molecule has 0 radical (unpaired) electrons. The first-order valence-electron chi connectivity index (χ1n) is 7.83. The topological polar surface area (TPSA) is 66.6 Å². The summed E-state index contributed by atoms with van der Waals surface area (Å²) in [7, 11) is 2.03. The van der Waals surface area contributed by atoms with Crippen molar-refractivity contribution in [2.45, 2.75) is 40.7 Å². The van der Waals surface area contributed by atoms with Crippen molar-refractivity contribution in [1.29, 1.82) is 0 Å². The summed E-state index contributed by atoms with van der Waals surface area (Å²) in [5, 5.41) is 10.5. The molecule has 0 atom stereocenters. The molecule has 0 aliphatic heterocycles. The molecule has 0 amide bonds. The van der Waals surface area contributed by atoms with E-state index >= 15 is 0 Å². The number of aliphatic imine (C=N–C) groups is 1. The van der Waals surface area contributed by atoms with Crippen molar-refractivity contribution in [2.75, 3.05) is 20.1 Å². The zero-order chi connectivity index (χ0) is 16.8. The summed E-state index contributed by atoms with van der Waals surface area (Å²) in [5.74, 6) is 1.78. The normalized spacial score (nSPS) is 11.3. The first-order valence-corrected chi connectivity index (χ1v) is 8.71. The Kier molecular flexibility index (Phi) is 8.68. The number of rotatable bonds is 6. The lowest BCUT2D eigenvalue weighted by Gasteiger charge is -2.21. The van der Waals surface area contributed by atoms with E-state index in [0.29, 0.717) is 6.54 Å². The number of aromatic nitrogens is 2. The van der Waals surface area contributed by atoms with E-state index in [1.54, 1.807) is 11.3 Å². The van der Waals surface area contributed by atoms with Crippen molar-refractivity contribution in [2.24, 2.45) is 4.99 Å². The van der Waals surface area contributed by atoms with Crippen LogP contribution in [-0.4, -0.2) is 41.1 Å². The van der Waals surface area contributed by atoms with Gasteiger partial charge in [0.25, 0.3) is 0 Å². The number of nitrogens with zero attached hydrogens (tertiary/aromatic N) is 4. The lowest BCUT2D eigenvalue weighted by atomic mass is 10.1. The van der Waals surface area contributed by atoms with Crippen LogP contribution in [0.4, 0.5) is 0 Å². The predicted molar refractivity (Wildman–Crippen MR) is 109 cm³/mol. The molecule has 0 saturated carbocycles. The smallest absolute Gasteiger partial charge is 0.194 e. The number of hydrogen-bond donors (Lipinski definition) is 1. The van der Waals surface area contributed by atoms with Gasteiger partial charge in [-0.1, -0.05) is 5.16 Å². The van der Waals surface area contributed by atoms with E-state index < -0.39 is 0 Å². The maximum Gasteiger partial charge on any atom is 0.194 e. The molecule has 0 aromatic carbocycles. The molecule has 1 N–H and O–H groups in total. The van der Waals surface area contributed by atoms with Crippen molar-refractivity contribution in [3.8, 4) is 0 Å². The van der Waals surface area contributed by atoms with E-state index in [1.165, 1.54) is 0 Å². The Hall–Kier alpha value is -1.16. The molecule has 0 saturated heterocycles.